The molecule has 3 saturated heterocycles. The molecule has 2 bridgehead atoms. The van der Waals surface area contributed by atoms with Crippen molar-refractivity contribution in [1.82, 2.24) is 10.2 Å². The van der Waals surface area contributed by atoms with E-state index in [2.05, 4.69) is 18.5 Å². The Bertz CT molecular complexity index is 2110. The van der Waals surface area contributed by atoms with Crippen LogP contribution in [0.4, 0.5) is 5.69 Å². The van der Waals surface area contributed by atoms with Crippen molar-refractivity contribution in [3.05, 3.63) is 140 Å². The van der Waals surface area contributed by atoms with E-state index in [9.17, 15) is 14.7 Å². The fourth-order valence-electron chi connectivity index (χ4n) is 9.07. The third-order valence-corrected chi connectivity index (χ3v) is 11.6. The minimum absolute atomic E-state index is 0.0388. The number of carbonyl (C=O) groups excluding carboxylic acids is 4. The van der Waals surface area contributed by atoms with E-state index >= 15 is 9.59 Å². The van der Waals surface area contributed by atoms with Gasteiger partial charge in [-0.1, -0.05) is 103 Å². The second-order valence-corrected chi connectivity index (χ2v) is 14.9. The summed E-state index contributed by atoms with van der Waals surface area (Å²) in [7, 11) is 1.50. The highest BCUT2D eigenvalue weighted by molar-refractivity contribution is 6.05. The molecule has 3 aliphatic heterocycles. The smallest absolute Gasteiger partial charge is 0.313 e. The number of anilines is 1. The van der Waals surface area contributed by atoms with Crippen molar-refractivity contribution in [1.29, 1.82) is 0 Å². The maximum Gasteiger partial charge on any atom is 0.313 e. The van der Waals surface area contributed by atoms with Crippen LogP contribution in [0.15, 0.2) is 128 Å². The lowest BCUT2D eigenvalue weighted by molar-refractivity contribution is -0.163. The Hall–Kier alpha value is -5.62. The van der Waals surface area contributed by atoms with Crippen molar-refractivity contribution < 1.29 is 38.5 Å². The molecule has 7 rings (SSSR count). The normalized spacial score (nSPS) is 23.7. The maximum atomic E-state index is 15.3. The number of allylic oxidation sites excluding steroid dienone is 1. The number of carbonyl (C=O) groups is 4. The first-order valence-electron chi connectivity index (χ1n) is 19.5. The molecular weight excluding hydrogens is 723 g/mol. The summed E-state index contributed by atoms with van der Waals surface area (Å²) in [6.07, 6.45) is 3.01. The lowest BCUT2D eigenvalue weighted by atomic mass is 9.70. The Balaban J connectivity index is 1.28. The van der Waals surface area contributed by atoms with E-state index in [0.717, 1.165) is 10.8 Å². The predicted octanol–water partition coefficient (Wildman–Crippen LogP) is 5.85. The van der Waals surface area contributed by atoms with Gasteiger partial charge in [0.2, 0.25) is 11.8 Å². The van der Waals surface area contributed by atoms with E-state index < -0.39 is 72.2 Å². The van der Waals surface area contributed by atoms with Gasteiger partial charge in [0.15, 0.2) is 0 Å². The molecule has 3 aliphatic rings. The summed E-state index contributed by atoms with van der Waals surface area (Å²) in [5.74, 6) is -3.97. The van der Waals surface area contributed by atoms with Crippen molar-refractivity contribution in [3.63, 3.8) is 0 Å². The number of esters is 1. The van der Waals surface area contributed by atoms with Gasteiger partial charge in [-0.3, -0.25) is 19.2 Å². The summed E-state index contributed by atoms with van der Waals surface area (Å²) >= 11 is 0. The molecule has 0 aromatic heterocycles. The molecule has 3 amide bonds. The van der Waals surface area contributed by atoms with Gasteiger partial charge in [-0.25, -0.2) is 0 Å². The Morgan fingerprint density at radius 2 is 1.65 bits per heavy atom. The van der Waals surface area contributed by atoms with Crippen LogP contribution >= 0.6 is 0 Å². The monoisotopic (exact) mass is 771 g/mol. The van der Waals surface area contributed by atoms with Crippen molar-refractivity contribution in [3.8, 4) is 0 Å². The van der Waals surface area contributed by atoms with Gasteiger partial charge in [-0.15, -0.1) is 13.2 Å². The Kier molecular flexibility index (Phi) is 12.0. The fourth-order valence-corrected chi connectivity index (χ4v) is 9.07. The number of aliphatic hydroxyl groups is 1. The van der Waals surface area contributed by atoms with Crippen LogP contribution in [0.2, 0.25) is 0 Å². The molecule has 11 heteroatoms. The summed E-state index contributed by atoms with van der Waals surface area (Å²) in [5, 5.41) is 15.9. The minimum atomic E-state index is -1.39. The number of nitrogens with one attached hydrogen (secondary N) is 1. The number of methoxy groups -OCH3 is 1. The van der Waals surface area contributed by atoms with E-state index in [1.807, 2.05) is 78.9 Å². The van der Waals surface area contributed by atoms with Crippen LogP contribution in [0.3, 0.4) is 0 Å². The van der Waals surface area contributed by atoms with E-state index in [-0.39, 0.29) is 25.5 Å². The number of hydrogen-bond acceptors (Lipinski definition) is 8. The van der Waals surface area contributed by atoms with Gasteiger partial charge in [0.1, 0.15) is 17.7 Å². The average molecular weight is 772 g/mol. The number of benzene rings is 4. The highest BCUT2D eigenvalue weighted by Gasteiger charge is 2.76. The number of amides is 3. The summed E-state index contributed by atoms with van der Waals surface area (Å²) in [6.45, 7) is 7.35. The van der Waals surface area contributed by atoms with Crippen molar-refractivity contribution in [2.45, 2.75) is 61.6 Å². The fraction of sp³-hybridized carbons (Fsp3) is 0.348. The van der Waals surface area contributed by atoms with E-state index in [1.165, 1.54) is 12.0 Å². The number of hydrogen-bond donors (Lipinski definition) is 2. The van der Waals surface area contributed by atoms with Crippen LogP contribution in [0, 0.1) is 11.8 Å². The standard InChI is InChI=1S/C46H49N3O8/c1-4-6-21-38(51)47-35(29-55-3)41(32-18-11-8-12-19-32)56-45(54)39-37-24-25-46(57-37)40(39)43(52)49(36(28-50)31-16-9-7-10-17-31)42(46)44(53)48(26-5-2)34-23-22-30-15-13-14-20-33(30)27-34/h4-5,7-20,22-23,27,35-37,39-42,50H,1-2,6,21,24-26,28-29H2,3H3,(H,47,51)/t35-,36-,37+,39-,40-,41-,42+,46-/m1/s1. The quantitative estimate of drug-likeness (QED) is 0.101. The summed E-state index contributed by atoms with van der Waals surface area (Å²) in [4.78, 5) is 61.3. The van der Waals surface area contributed by atoms with Crippen molar-refractivity contribution >= 4 is 40.2 Å². The second kappa shape index (κ2) is 17.3. The number of aliphatic hydroxyl groups excluding tert-OH is 1. The minimum Gasteiger partial charge on any atom is -0.455 e. The molecule has 8 atom stereocenters. The molecule has 0 radical (unpaired) electrons. The highest BCUT2D eigenvalue weighted by atomic mass is 16.6. The molecule has 0 saturated carbocycles. The molecule has 4 aromatic rings. The average Bonchev–Trinajstić information content (AvgIpc) is 3.89. The molecule has 3 fully saturated rings. The van der Waals surface area contributed by atoms with E-state index in [0.29, 0.717) is 36.1 Å². The zero-order chi connectivity index (χ0) is 40.1. The first-order valence-corrected chi connectivity index (χ1v) is 19.5. The lowest BCUT2D eigenvalue weighted by Crippen LogP contribution is -2.57. The molecule has 3 heterocycles. The SMILES string of the molecule is C=CCCC(=O)N[C@H](COC)[C@H](OC(=O)[C@@H]1[C@@H]2CC[C@]3(O2)[C@H](C(=O)N(CC=C)c2ccc4ccccc4c2)N([C@H](CO)c2ccccc2)C(=O)[C@@H]13)c1ccccc1. The van der Waals surface area contributed by atoms with Crippen LogP contribution in [-0.4, -0.2) is 84.4 Å². The van der Waals surface area contributed by atoms with Gasteiger partial charge >= 0.3 is 5.97 Å². The van der Waals surface area contributed by atoms with Gasteiger partial charge in [0.05, 0.1) is 43.2 Å². The number of rotatable bonds is 17. The Labute approximate surface area is 332 Å². The van der Waals surface area contributed by atoms with Crippen LogP contribution in [0.1, 0.15) is 49.0 Å². The third kappa shape index (κ3) is 7.50. The summed E-state index contributed by atoms with van der Waals surface area (Å²) in [5.41, 5.74) is 0.479. The van der Waals surface area contributed by atoms with Gasteiger partial charge in [-0.05, 0) is 53.3 Å². The van der Waals surface area contributed by atoms with Crippen molar-refractivity contribution in [2.24, 2.45) is 11.8 Å². The first-order chi connectivity index (χ1) is 27.8. The predicted molar refractivity (Wildman–Crippen MR) is 216 cm³/mol. The second-order valence-electron chi connectivity index (χ2n) is 14.9. The van der Waals surface area contributed by atoms with Gasteiger partial charge < -0.3 is 34.4 Å². The molecule has 0 unspecified atom stereocenters. The number of fused-ring (bicyclic) bond motifs is 2. The van der Waals surface area contributed by atoms with Gasteiger partial charge in [0, 0.05) is 25.8 Å². The molecule has 0 aliphatic carbocycles. The molecule has 2 N–H and O–H groups in total. The third-order valence-electron chi connectivity index (χ3n) is 11.6. The topological polar surface area (TPSA) is 135 Å². The lowest BCUT2D eigenvalue weighted by Gasteiger charge is -2.39. The molecular formula is C46H49N3O8. The van der Waals surface area contributed by atoms with Gasteiger partial charge in [-0.2, -0.15) is 0 Å². The van der Waals surface area contributed by atoms with Gasteiger partial charge in [0.25, 0.3) is 5.91 Å². The highest BCUT2D eigenvalue weighted by Crippen LogP contribution is 2.60. The van der Waals surface area contributed by atoms with E-state index in [4.69, 9.17) is 14.2 Å². The Morgan fingerprint density at radius 1 is 0.965 bits per heavy atom. The number of ether oxygens (including phenoxy) is 3. The zero-order valence-corrected chi connectivity index (χ0v) is 32.1. The van der Waals surface area contributed by atoms with E-state index in [1.54, 1.807) is 41.3 Å². The molecule has 11 nitrogen and oxygen atoms in total. The largest absolute Gasteiger partial charge is 0.455 e. The van der Waals surface area contributed by atoms with Crippen LogP contribution in [-0.2, 0) is 33.4 Å². The van der Waals surface area contributed by atoms with Crippen LogP contribution < -0.4 is 10.2 Å². The molecule has 296 valence electrons. The zero-order valence-electron chi connectivity index (χ0n) is 32.1. The van der Waals surface area contributed by atoms with Crippen LogP contribution in [0.5, 0.6) is 0 Å². The first kappa shape index (κ1) is 39.6. The summed E-state index contributed by atoms with van der Waals surface area (Å²) < 4.78 is 18.7. The molecule has 1 spiro atoms. The van der Waals surface area contributed by atoms with Crippen molar-refractivity contribution in [2.75, 3.05) is 31.8 Å². The number of likely N-dealkylation sites (tertiary alicyclic amines) is 1. The molecule has 4 aromatic carbocycles. The maximum absolute atomic E-state index is 15.3. The molecule has 57 heavy (non-hydrogen) atoms. The van der Waals surface area contributed by atoms with Crippen LogP contribution in [0.25, 0.3) is 10.8 Å². The Morgan fingerprint density at radius 3 is 2.32 bits per heavy atom. The number of nitrogens with zero attached hydrogens (tertiary/aromatic N) is 2. The summed E-state index contributed by atoms with van der Waals surface area (Å²) in [6, 6.07) is 28.8.